The van der Waals surface area contributed by atoms with Crippen molar-refractivity contribution in [2.75, 3.05) is 7.11 Å². The van der Waals surface area contributed by atoms with Crippen molar-refractivity contribution >= 4 is 5.91 Å². The van der Waals surface area contributed by atoms with Gasteiger partial charge in [0.25, 0.3) is 5.91 Å². The average molecular weight is 244 g/mol. The van der Waals surface area contributed by atoms with E-state index in [9.17, 15) is 10.0 Å². The van der Waals surface area contributed by atoms with Crippen molar-refractivity contribution in [2.24, 2.45) is 4.99 Å². The molecule has 1 aromatic heterocycles. The highest BCUT2D eigenvalue weighted by molar-refractivity contribution is 5.94. The summed E-state index contributed by atoms with van der Waals surface area (Å²) in [6, 6.07) is 11.5. The molecule has 0 unspecified atom stereocenters. The summed E-state index contributed by atoms with van der Waals surface area (Å²) in [5, 5.41) is 9.44. The summed E-state index contributed by atoms with van der Waals surface area (Å²) >= 11 is 0. The van der Waals surface area contributed by atoms with E-state index in [-0.39, 0.29) is 5.49 Å². The lowest BCUT2D eigenvalue weighted by atomic mass is 10.2. The minimum Gasteiger partial charge on any atom is -0.497 e. The van der Waals surface area contributed by atoms with E-state index in [0.717, 1.165) is 4.73 Å². The molecule has 0 spiro atoms. The fourth-order valence-electron chi connectivity index (χ4n) is 1.42. The molecule has 0 fully saturated rings. The third-order valence-electron chi connectivity index (χ3n) is 2.37. The maximum Gasteiger partial charge on any atom is 0.279 e. The van der Waals surface area contributed by atoms with E-state index in [4.69, 9.17) is 4.74 Å². The third kappa shape index (κ3) is 2.57. The van der Waals surface area contributed by atoms with Gasteiger partial charge in [0, 0.05) is 11.8 Å². The number of carbonyl (C=O) groups is 1. The van der Waals surface area contributed by atoms with Crippen molar-refractivity contribution in [3.05, 3.63) is 59.7 Å². The smallest absolute Gasteiger partial charge is 0.279 e. The van der Waals surface area contributed by atoms with Crippen molar-refractivity contribution in [3.8, 4) is 5.75 Å². The second kappa shape index (κ2) is 5.18. The Morgan fingerprint density at radius 1 is 1.22 bits per heavy atom. The van der Waals surface area contributed by atoms with E-state index >= 15 is 0 Å². The van der Waals surface area contributed by atoms with Gasteiger partial charge in [0.2, 0.25) is 0 Å². The zero-order valence-corrected chi connectivity index (χ0v) is 9.78. The molecule has 1 N–H and O–H groups in total. The van der Waals surface area contributed by atoms with Gasteiger partial charge in [-0.25, -0.2) is 0 Å². The summed E-state index contributed by atoms with van der Waals surface area (Å²) in [4.78, 5) is 15.7. The normalized spacial score (nSPS) is 11.3. The number of carbonyl (C=O) groups excluding carboxylic acids is 1. The Morgan fingerprint density at radius 3 is 2.56 bits per heavy atom. The van der Waals surface area contributed by atoms with Gasteiger partial charge in [-0.3, -0.25) is 4.79 Å². The van der Waals surface area contributed by atoms with Crippen LogP contribution < -0.4 is 10.2 Å². The van der Waals surface area contributed by atoms with Gasteiger partial charge >= 0.3 is 0 Å². The number of hydrogen-bond donors (Lipinski definition) is 1. The quantitative estimate of drug-likeness (QED) is 0.814. The fourth-order valence-corrected chi connectivity index (χ4v) is 1.42. The molecule has 1 aromatic carbocycles. The first kappa shape index (κ1) is 11.9. The Balaban J connectivity index is 2.32. The number of ether oxygens (including phenoxy) is 1. The van der Waals surface area contributed by atoms with E-state index in [2.05, 4.69) is 4.99 Å². The molecule has 0 aliphatic carbocycles. The Bertz CT molecular complexity index is 615. The van der Waals surface area contributed by atoms with Crippen LogP contribution in [0.1, 0.15) is 10.4 Å². The SMILES string of the molecule is COc1ccc(C(=O)N=c2ccccn2O)cc1. The van der Waals surface area contributed by atoms with Crippen LogP contribution in [0.3, 0.4) is 0 Å². The van der Waals surface area contributed by atoms with Crippen LogP contribution in [0.25, 0.3) is 0 Å². The highest BCUT2D eigenvalue weighted by Crippen LogP contribution is 2.11. The molecule has 2 rings (SSSR count). The van der Waals surface area contributed by atoms with E-state index < -0.39 is 5.91 Å². The molecular formula is C13H12N2O3. The Morgan fingerprint density at radius 2 is 1.94 bits per heavy atom. The van der Waals surface area contributed by atoms with Crippen LogP contribution in [-0.2, 0) is 0 Å². The number of amides is 1. The number of aromatic nitrogens is 1. The highest BCUT2D eigenvalue weighted by Gasteiger charge is 2.04. The van der Waals surface area contributed by atoms with Crippen molar-refractivity contribution < 1.29 is 14.7 Å². The topological polar surface area (TPSA) is 63.8 Å². The minimum atomic E-state index is -0.424. The lowest BCUT2D eigenvalue weighted by Crippen LogP contribution is -2.19. The molecule has 92 valence electrons. The van der Waals surface area contributed by atoms with Crippen LogP contribution in [0.5, 0.6) is 5.75 Å². The summed E-state index contributed by atoms with van der Waals surface area (Å²) in [5.74, 6) is 0.245. The second-order valence-electron chi connectivity index (χ2n) is 3.55. The number of pyridine rings is 1. The summed E-state index contributed by atoms with van der Waals surface area (Å²) < 4.78 is 5.79. The standard InChI is InChI=1S/C13H12N2O3/c1-18-11-7-5-10(6-8-11)13(16)14-12-4-2-3-9-15(12)17/h2-9,17H,1H3. The molecule has 5 heteroatoms. The molecule has 0 aliphatic rings. The molecule has 5 nitrogen and oxygen atoms in total. The van der Waals surface area contributed by atoms with Gasteiger partial charge in [0.05, 0.1) is 7.11 Å². The first-order valence-electron chi connectivity index (χ1n) is 5.31. The number of hydrogen-bond acceptors (Lipinski definition) is 3. The Hall–Kier alpha value is -2.56. The van der Waals surface area contributed by atoms with Crippen LogP contribution >= 0.6 is 0 Å². The molecule has 1 amide bonds. The monoisotopic (exact) mass is 244 g/mol. The minimum absolute atomic E-state index is 0.179. The Kier molecular flexibility index (Phi) is 3.43. The largest absolute Gasteiger partial charge is 0.497 e. The molecule has 18 heavy (non-hydrogen) atoms. The molecule has 1 heterocycles. The lowest BCUT2D eigenvalue weighted by molar-refractivity contribution is 0.0988. The van der Waals surface area contributed by atoms with Crippen molar-refractivity contribution in [3.63, 3.8) is 0 Å². The van der Waals surface area contributed by atoms with Crippen molar-refractivity contribution in [1.29, 1.82) is 0 Å². The van der Waals surface area contributed by atoms with Crippen LogP contribution in [0.2, 0.25) is 0 Å². The molecular weight excluding hydrogens is 232 g/mol. The van der Waals surface area contributed by atoms with Crippen molar-refractivity contribution in [1.82, 2.24) is 4.73 Å². The van der Waals surface area contributed by atoms with E-state index in [1.165, 1.54) is 6.20 Å². The molecule has 2 aromatic rings. The second-order valence-corrected chi connectivity index (χ2v) is 3.55. The van der Waals surface area contributed by atoms with Gasteiger partial charge in [-0.2, -0.15) is 9.72 Å². The predicted octanol–water partition coefficient (Wildman–Crippen LogP) is 1.48. The number of methoxy groups -OCH3 is 1. The zero-order valence-electron chi connectivity index (χ0n) is 9.78. The number of benzene rings is 1. The Labute approximate surface area is 104 Å². The lowest BCUT2D eigenvalue weighted by Gasteiger charge is -2.00. The molecule has 0 atom stereocenters. The van der Waals surface area contributed by atoms with Gasteiger partial charge in [-0.05, 0) is 36.4 Å². The predicted molar refractivity (Wildman–Crippen MR) is 64.5 cm³/mol. The summed E-state index contributed by atoms with van der Waals surface area (Å²) in [6.45, 7) is 0. The molecule has 0 radical (unpaired) electrons. The summed E-state index contributed by atoms with van der Waals surface area (Å²) in [7, 11) is 1.56. The molecule has 0 saturated carbocycles. The van der Waals surface area contributed by atoms with Crippen LogP contribution in [-0.4, -0.2) is 23.0 Å². The summed E-state index contributed by atoms with van der Waals surface area (Å²) in [6.07, 6.45) is 1.40. The first-order valence-corrected chi connectivity index (χ1v) is 5.31. The van der Waals surface area contributed by atoms with Gasteiger partial charge < -0.3 is 9.94 Å². The van der Waals surface area contributed by atoms with E-state index in [1.807, 2.05) is 0 Å². The maximum absolute atomic E-state index is 11.8. The summed E-state index contributed by atoms with van der Waals surface area (Å²) in [5.41, 5.74) is 0.609. The van der Waals surface area contributed by atoms with Crippen LogP contribution in [0, 0.1) is 0 Å². The average Bonchev–Trinajstić information content (AvgIpc) is 2.41. The van der Waals surface area contributed by atoms with Gasteiger partial charge in [0.15, 0.2) is 5.49 Å². The molecule has 0 bridgehead atoms. The third-order valence-corrected chi connectivity index (χ3v) is 2.37. The molecule has 0 saturated heterocycles. The van der Waals surface area contributed by atoms with Crippen LogP contribution in [0.15, 0.2) is 53.7 Å². The van der Waals surface area contributed by atoms with Crippen LogP contribution in [0.4, 0.5) is 0 Å². The first-order chi connectivity index (χ1) is 8.70. The molecule has 0 aliphatic heterocycles. The maximum atomic E-state index is 11.8. The van der Waals surface area contributed by atoms with E-state index in [0.29, 0.717) is 11.3 Å². The van der Waals surface area contributed by atoms with Gasteiger partial charge in [-0.1, -0.05) is 6.07 Å². The van der Waals surface area contributed by atoms with E-state index in [1.54, 1.807) is 49.6 Å². The number of nitrogens with zero attached hydrogens (tertiary/aromatic N) is 2. The van der Waals surface area contributed by atoms with Crippen molar-refractivity contribution in [2.45, 2.75) is 0 Å². The van der Waals surface area contributed by atoms with Gasteiger partial charge in [0.1, 0.15) is 5.75 Å². The zero-order chi connectivity index (χ0) is 13.0. The highest BCUT2D eigenvalue weighted by atomic mass is 16.5. The van der Waals surface area contributed by atoms with Gasteiger partial charge in [-0.15, -0.1) is 0 Å². The fraction of sp³-hybridized carbons (Fsp3) is 0.0769. The number of rotatable bonds is 2.